The topological polar surface area (TPSA) is 67.1 Å². The van der Waals surface area contributed by atoms with Gasteiger partial charge in [0, 0.05) is 31.5 Å². The number of hydrogen-bond donors (Lipinski definition) is 2. The second-order valence-corrected chi connectivity index (χ2v) is 7.69. The summed E-state index contributed by atoms with van der Waals surface area (Å²) < 4.78 is 2.22. The van der Waals surface area contributed by atoms with Crippen molar-refractivity contribution in [2.45, 2.75) is 64.0 Å². The van der Waals surface area contributed by atoms with Gasteiger partial charge in [-0.1, -0.05) is 43.2 Å². The van der Waals surface area contributed by atoms with Crippen LogP contribution >= 0.6 is 0 Å². The molecule has 1 saturated carbocycles. The molecule has 0 atom stereocenters. The minimum absolute atomic E-state index is 0.216. The number of aryl methyl sites for hydroxylation is 1. The van der Waals surface area contributed by atoms with Crippen LogP contribution in [-0.2, 0) is 24.9 Å². The lowest BCUT2D eigenvalue weighted by Gasteiger charge is -2.30. The minimum atomic E-state index is 0.216. The summed E-state index contributed by atoms with van der Waals surface area (Å²) in [5.74, 6) is 2.94. The van der Waals surface area contributed by atoms with Crippen LogP contribution in [0.15, 0.2) is 35.3 Å². The van der Waals surface area contributed by atoms with Crippen molar-refractivity contribution in [3.63, 3.8) is 0 Å². The fourth-order valence-corrected chi connectivity index (χ4v) is 4.48. The molecule has 6 heteroatoms. The molecule has 0 unspecified atom stereocenters. The molecule has 2 aromatic rings. The second kappa shape index (κ2) is 8.11. The van der Waals surface area contributed by atoms with Gasteiger partial charge in [-0.25, -0.2) is 4.99 Å². The maximum Gasteiger partial charge on any atom is 0.191 e. The van der Waals surface area contributed by atoms with Gasteiger partial charge in [-0.3, -0.25) is 0 Å². The van der Waals surface area contributed by atoms with Gasteiger partial charge in [-0.05, 0) is 31.7 Å². The van der Waals surface area contributed by atoms with Crippen LogP contribution < -0.4 is 10.6 Å². The van der Waals surface area contributed by atoms with Gasteiger partial charge in [0.2, 0.25) is 0 Å². The van der Waals surface area contributed by atoms with E-state index in [9.17, 15) is 0 Å². The van der Waals surface area contributed by atoms with E-state index in [0.717, 1.165) is 43.7 Å². The molecule has 1 aliphatic heterocycles. The highest BCUT2D eigenvalue weighted by molar-refractivity contribution is 5.79. The highest BCUT2D eigenvalue weighted by atomic mass is 15.3. The third-order valence-corrected chi connectivity index (χ3v) is 5.95. The van der Waals surface area contributed by atoms with Gasteiger partial charge < -0.3 is 15.2 Å². The third-order valence-electron chi connectivity index (χ3n) is 5.95. The maximum absolute atomic E-state index is 4.79. The normalized spacial score (nSPS) is 18.5. The van der Waals surface area contributed by atoms with Crippen LogP contribution in [0.5, 0.6) is 0 Å². The Balaban J connectivity index is 1.46. The zero-order valence-corrected chi connectivity index (χ0v) is 16.2. The summed E-state index contributed by atoms with van der Waals surface area (Å²) >= 11 is 0. The number of benzene rings is 1. The molecule has 6 nitrogen and oxygen atoms in total. The molecule has 1 aliphatic carbocycles. The minimum Gasteiger partial charge on any atom is -0.357 e. The van der Waals surface area contributed by atoms with Crippen molar-refractivity contribution in [2.24, 2.45) is 4.99 Å². The number of guanidine groups is 1. The van der Waals surface area contributed by atoms with Crippen molar-refractivity contribution in [1.29, 1.82) is 0 Å². The SMILES string of the molecule is CCNC(=NCc1nnc2n1CCC2)NCC1(c2ccccc2)CCCC1. The Labute approximate surface area is 161 Å². The molecule has 0 bridgehead atoms. The molecule has 0 saturated heterocycles. The van der Waals surface area contributed by atoms with Crippen molar-refractivity contribution >= 4 is 5.96 Å². The lowest BCUT2D eigenvalue weighted by atomic mass is 9.79. The molecule has 2 N–H and O–H groups in total. The molecule has 1 aromatic heterocycles. The van der Waals surface area contributed by atoms with Crippen LogP contribution in [0.1, 0.15) is 56.2 Å². The number of nitrogens with zero attached hydrogens (tertiary/aromatic N) is 4. The Hall–Kier alpha value is -2.37. The van der Waals surface area contributed by atoms with Crippen molar-refractivity contribution in [2.75, 3.05) is 13.1 Å². The quantitative estimate of drug-likeness (QED) is 0.609. The zero-order valence-electron chi connectivity index (χ0n) is 16.2. The largest absolute Gasteiger partial charge is 0.357 e. The van der Waals surface area contributed by atoms with E-state index < -0.39 is 0 Å². The summed E-state index contributed by atoms with van der Waals surface area (Å²) in [5, 5.41) is 15.6. The molecular weight excluding hydrogens is 336 g/mol. The summed E-state index contributed by atoms with van der Waals surface area (Å²) in [6.45, 7) is 5.46. The Morgan fingerprint density at radius 3 is 2.70 bits per heavy atom. The first-order valence-corrected chi connectivity index (χ1v) is 10.3. The number of aromatic nitrogens is 3. The van der Waals surface area contributed by atoms with Crippen molar-refractivity contribution in [3.05, 3.63) is 47.5 Å². The number of fused-ring (bicyclic) bond motifs is 1. The van der Waals surface area contributed by atoms with E-state index in [0.29, 0.717) is 6.54 Å². The molecule has 1 fully saturated rings. The molecule has 1 aromatic carbocycles. The first-order valence-electron chi connectivity index (χ1n) is 10.3. The van der Waals surface area contributed by atoms with Crippen molar-refractivity contribution in [3.8, 4) is 0 Å². The van der Waals surface area contributed by atoms with Crippen LogP contribution in [0.3, 0.4) is 0 Å². The van der Waals surface area contributed by atoms with Crippen LogP contribution in [0.25, 0.3) is 0 Å². The van der Waals surface area contributed by atoms with E-state index in [2.05, 4.69) is 62.7 Å². The summed E-state index contributed by atoms with van der Waals surface area (Å²) in [4.78, 5) is 4.79. The standard InChI is InChI=1S/C21H30N6/c1-2-22-20(23-15-19-26-25-18-11-8-14-27(18)19)24-16-21(12-6-7-13-21)17-9-4-3-5-10-17/h3-5,9-10H,2,6-8,11-16H2,1H3,(H2,22,23,24). The van der Waals surface area contributed by atoms with Gasteiger partial charge in [0.15, 0.2) is 11.8 Å². The summed E-state index contributed by atoms with van der Waals surface area (Å²) in [5.41, 5.74) is 1.66. The summed E-state index contributed by atoms with van der Waals surface area (Å²) in [7, 11) is 0. The smallest absolute Gasteiger partial charge is 0.191 e. The average Bonchev–Trinajstić information content (AvgIpc) is 3.43. The Bertz CT molecular complexity index is 773. The maximum atomic E-state index is 4.79. The van der Waals surface area contributed by atoms with Gasteiger partial charge >= 0.3 is 0 Å². The van der Waals surface area contributed by atoms with Gasteiger partial charge in [0.05, 0.1) is 0 Å². The lowest BCUT2D eigenvalue weighted by Crippen LogP contribution is -2.44. The highest BCUT2D eigenvalue weighted by Gasteiger charge is 2.35. The van der Waals surface area contributed by atoms with Gasteiger partial charge in [0.1, 0.15) is 12.4 Å². The first-order chi connectivity index (χ1) is 13.3. The second-order valence-electron chi connectivity index (χ2n) is 7.69. The van der Waals surface area contributed by atoms with Crippen molar-refractivity contribution in [1.82, 2.24) is 25.4 Å². The monoisotopic (exact) mass is 366 g/mol. The van der Waals surface area contributed by atoms with Crippen LogP contribution in [0, 0.1) is 0 Å². The predicted octanol–water partition coefficient (Wildman–Crippen LogP) is 2.79. The van der Waals surface area contributed by atoms with Crippen LogP contribution in [0.4, 0.5) is 0 Å². The number of aliphatic imine (C=N–C) groups is 1. The zero-order chi connectivity index (χ0) is 18.5. The molecular formula is C21H30N6. The molecule has 4 rings (SSSR count). The van der Waals surface area contributed by atoms with E-state index in [1.807, 2.05) is 0 Å². The predicted molar refractivity (Wildman–Crippen MR) is 108 cm³/mol. The Kier molecular flexibility index (Phi) is 5.41. The number of nitrogens with one attached hydrogen (secondary N) is 2. The third kappa shape index (κ3) is 3.84. The summed E-state index contributed by atoms with van der Waals surface area (Å²) in [6.07, 6.45) is 7.28. The average molecular weight is 367 g/mol. The molecule has 0 radical (unpaired) electrons. The molecule has 144 valence electrons. The summed E-state index contributed by atoms with van der Waals surface area (Å²) in [6, 6.07) is 11.0. The molecule has 2 heterocycles. The molecule has 2 aliphatic rings. The van der Waals surface area contributed by atoms with Gasteiger partial charge in [0.25, 0.3) is 0 Å². The van der Waals surface area contributed by atoms with Crippen LogP contribution in [-0.4, -0.2) is 33.8 Å². The highest BCUT2D eigenvalue weighted by Crippen LogP contribution is 2.40. The number of hydrogen-bond acceptors (Lipinski definition) is 3. The van der Waals surface area contributed by atoms with Gasteiger partial charge in [-0.15, -0.1) is 10.2 Å². The Morgan fingerprint density at radius 1 is 1.11 bits per heavy atom. The lowest BCUT2D eigenvalue weighted by molar-refractivity contribution is 0.431. The van der Waals surface area contributed by atoms with E-state index >= 15 is 0 Å². The molecule has 27 heavy (non-hydrogen) atoms. The molecule has 0 spiro atoms. The van der Waals surface area contributed by atoms with Crippen LogP contribution in [0.2, 0.25) is 0 Å². The van der Waals surface area contributed by atoms with E-state index in [1.165, 1.54) is 37.7 Å². The van der Waals surface area contributed by atoms with E-state index in [4.69, 9.17) is 4.99 Å². The van der Waals surface area contributed by atoms with Gasteiger partial charge in [-0.2, -0.15) is 0 Å². The van der Waals surface area contributed by atoms with Crippen molar-refractivity contribution < 1.29 is 0 Å². The number of rotatable bonds is 6. The first kappa shape index (κ1) is 18.0. The fourth-order valence-electron chi connectivity index (χ4n) is 4.48. The Morgan fingerprint density at radius 2 is 1.93 bits per heavy atom. The van der Waals surface area contributed by atoms with E-state index in [1.54, 1.807) is 0 Å². The fraction of sp³-hybridized carbons (Fsp3) is 0.571. The molecule has 0 amide bonds. The van der Waals surface area contributed by atoms with E-state index in [-0.39, 0.29) is 5.41 Å².